The van der Waals surface area contributed by atoms with Gasteiger partial charge in [-0.15, -0.1) is 0 Å². The summed E-state index contributed by atoms with van der Waals surface area (Å²) in [7, 11) is 0.737. The zero-order chi connectivity index (χ0) is 4.41. The van der Waals surface area contributed by atoms with Gasteiger partial charge in [0.25, 0.3) is 0 Å². The van der Waals surface area contributed by atoms with Gasteiger partial charge in [-0.25, -0.2) is 0 Å². The number of nitrogens with one attached hydrogen (secondary N) is 1. The zero-order valence-corrected chi connectivity index (χ0v) is 3.90. The van der Waals surface area contributed by atoms with Crippen LogP contribution in [0.3, 0.4) is 0 Å². The van der Waals surface area contributed by atoms with Crippen LogP contribution in [0, 0.1) is 0 Å². The van der Waals surface area contributed by atoms with Crippen molar-refractivity contribution in [1.82, 2.24) is 5.23 Å². The van der Waals surface area contributed by atoms with Gasteiger partial charge in [0.2, 0.25) is 0 Å². The predicted octanol–water partition coefficient (Wildman–Crippen LogP) is -0.739. The van der Waals surface area contributed by atoms with Crippen LogP contribution in [-0.2, 0) is 4.65 Å². The summed E-state index contributed by atoms with van der Waals surface area (Å²) in [6, 6.07) is 0. The molecule has 1 heterocycles. The van der Waals surface area contributed by atoms with Gasteiger partial charge in [-0.2, -0.15) is 0 Å². The highest BCUT2D eigenvalue weighted by atomic mass is 16.5. The topological polar surface area (TPSA) is 21.3 Å². The van der Waals surface area contributed by atoms with Crippen molar-refractivity contribution in [1.29, 1.82) is 0 Å². The summed E-state index contributed by atoms with van der Waals surface area (Å²) in [5.74, 6) is 0. The van der Waals surface area contributed by atoms with Crippen molar-refractivity contribution in [3.63, 3.8) is 0 Å². The molecule has 6 heavy (non-hydrogen) atoms. The minimum atomic E-state index is 0.435. The first-order chi connectivity index (χ1) is 2.89. The van der Waals surface area contributed by atoms with Gasteiger partial charge >= 0.3 is 7.62 Å². The standard InChI is InChI=1S/C3H8BNO/c1-3-2-5-4-6-3/h3-5H,2H2,1H3. The summed E-state index contributed by atoms with van der Waals surface area (Å²) in [4.78, 5) is 0. The van der Waals surface area contributed by atoms with Crippen LogP contribution in [-0.4, -0.2) is 20.3 Å². The zero-order valence-electron chi connectivity index (χ0n) is 3.90. The Morgan fingerprint density at radius 1 is 2.00 bits per heavy atom. The van der Waals surface area contributed by atoms with Crippen LogP contribution < -0.4 is 5.23 Å². The second-order valence-electron chi connectivity index (χ2n) is 1.58. The van der Waals surface area contributed by atoms with Gasteiger partial charge in [0.1, 0.15) is 0 Å². The molecule has 1 atom stereocenters. The first-order valence-corrected chi connectivity index (χ1v) is 2.22. The summed E-state index contributed by atoms with van der Waals surface area (Å²) in [5.41, 5.74) is 0. The molecule has 0 radical (unpaired) electrons. The number of hydrogen-bond acceptors (Lipinski definition) is 2. The molecule has 1 unspecified atom stereocenters. The van der Waals surface area contributed by atoms with E-state index in [2.05, 4.69) is 12.2 Å². The number of rotatable bonds is 0. The molecule has 34 valence electrons. The maximum absolute atomic E-state index is 5.04. The molecule has 0 amide bonds. The molecule has 0 aromatic heterocycles. The fourth-order valence-electron chi connectivity index (χ4n) is 0.522. The third-order valence-corrected chi connectivity index (χ3v) is 0.902. The summed E-state index contributed by atoms with van der Waals surface area (Å²) >= 11 is 0. The second-order valence-corrected chi connectivity index (χ2v) is 1.58. The van der Waals surface area contributed by atoms with Crippen LogP contribution in [0.25, 0.3) is 0 Å². The smallest absolute Gasteiger partial charge is 0.361 e. The Morgan fingerprint density at radius 2 is 2.83 bits per heavy atom. The van der Waals surface area contributed by atoms with Gasteiger partial charge in [0, 0.05) is 6.54 Å². The fraction of sp³-hybridized carbons (Fsp3) is 1.00. The van der Waals surface area contributed by atoms with E-state index in [0.717, 1.165) is 14.2 Å². The third-order valence-electron chi connectivity index (χ3n) is 0.902. The average molecular weight is 84.9 g/mol. The number of hydrogen-bond donors (Lipinski definition) is 1. The van der Waals surface area contributed by atoms with Crippen molar-refractivity contribution in [2.75, 3.05) is 6.54 Å². The van der Waals surface area contributed by atoms with E-state index in [9.17, 15) is 0 Å². The van der Waals surface area contributed by atoms with Crippen LogP contribution >= 0.6 is 0 Å². The van der Waals surface area contributed by atoms with Gasteiger partial charge in [-0.1, -0.05) is 0 Å². The van der Waals surface area contributed by atoms with Crippen LogP contribution in [0.5, 0.6) is 0 Å². The molecule has 1 fully saturated rings. The maximum Gasteiger partial charge on any atom is 0.361 e. The molecule has 0 aromatic rings. The largest absolute Gasteiger partial charge is 0.420 e. The summed E-state index contributed by atoms with van der Waals surface area (Å²) in [6.07, 6.45) is 0.435. The molecule has 0 saturated carbocycles. The van der Waals surface area contributed by atoms with E-state index in [0.29, 0.717) is 6.10 Å². The predicted molar refractivity (Wildman–Crippen MR) is 25.7 cm³/mol. The average Bonchev–Trinajstić information content (AvgIpc) is 1.86. The Labute approximate surface area is 38.2 Å². The quantitative estimate of drug-likeness (QED) is 0.391. The van der Waals surface area contributed by atoms with Crippen LogP contribution in [0.4, 0.5) is 0 Å². The van der Waals surface area contributed by atoms with Crippen LogP contribution in [0.2, 0.25) is 0 Å². The van der Waals surface area contributed by atoms with E-state index in [4.69, 9.17) is 4.65 Å². The highest BCUT2D eigenvalue weighted by Crippen LogP contribution is 1.89. The maximum atomic E-state index is 5.04. The van der Waals surface area contributed by atoms with Gasteiger partial charge < -0.3 is 9.88 Å². The van der Waals surface area contributed by atoms with Crippen molar-refractivity contribution in [3.05, 3.63) is 0 Å². The van der Waals surface area contributed by atoms with Crippen molar-refractivity contribution < 1.29 is 4.65 Å². The molecule has 1 aliphatic rings. The Bertz CT molecular complexity index is 44.1. The molecule has 1 saturated heterocycles. The molecule has 0 bridgehead atoms. The first kappa shape index (κ1) is 4.15. The molecule has 3 heteroatoms. The highest BCUT2D eigenvalue weighted by molar-refractivity contribution is 6.24. The lowest BCUT2D eigenvalue weighted by Crippen LogP contribution is -2.11. The molecule has 0 aromatic carbocycles. The first-order valence-electron chi connectivity index (χ1n) is 2.22. The molecule has 1 aliphatic heterocycles. The van der Waals surface area contributed by atoms with Gasteiger partial charge in [0.05, 0.1) is 6.10 Å². The summed E-state index contributed by atoms with van der Waals surface area (Å²) in [5, 5.41) is 3.05. The molecular formula is C3H8BNO. The molecule has 0 spiro atoms. The van der Waals surface area contributed by atoms with Crippen molar-refractivity contribution >= 4 is 7.62 Å². The molecule has 2 nitrogen and oxygen atoms in total. The van der Waals surface area contributed by atoms with Crippen molar-refractivity contribution in [2.45, 2.75) is 13.0 Å². The minimum Gasteiger partial charge on any atom is -0.420 e. The lowest BCUT2D eigenvalue weighted by molar-refractivity contribution is 0.276. The SMILES string of the molecule is CC1CNBO1. The second kappa shape index (κ2) is 1.62. The molecule has 0 aliphatic carbocycles. The van der Waals surface area contributed by atoms with E-state index < -0.39 is 0 Å². The van der Waals surface area contributed by atoms with Gasteiger partial charge in [0.15, 0.2) is 0 Å². The Hall–Kier alpha value is -0.0151. The normalized spacial score (nSPS) is 33.2. The van der Waals surface area contributed by atoms with Crippen molar-refractivity contribution in [3.8, 4) is 0 Å². The van der Waals surface area contributed by atoms with Gasteiger partial charge in [-0.3, -0.25) is 0 Å². The monoisotopic (exact) mass is 85.1 g/mol. The van der Waals surface area contributed by atoms with Crippen LogP contribution in [0.15, 0.2) is 0 Å². The van der Waals surface area contributed by atoms with Crippen LogP contribution in [0.1, 0.15) is 6.92 Å². The lowest BCUT2D eigenvalue weighted by atomic mass is 10.3. The molecule has 1 rings (SSSR count). The lowest BCUT2D eigenvalue weighted by Gasteiger charge is -1.94. The van der Waals surface area contributed by atoms with E-state index in [-0.39, 0.29) is 0 Å². The summed E-state index contributed by atoms with van der Waals surface area (Å²) in [6.45, 7) is 3.07. The Balaban J connectivity index is 2.18. The summed E-state index contributed by atoms with van der Waals surface area (Å²) < 4.78 is 5.04. The third kappa shape index (κ3) is 0.728. The van der Waals surface area contributed by atoms with E-state index in [1.165, 1.54) is 0 Å². The fourth-order valence-corrected chi connectivity index (χ4v) is 0.522. The Morgan fingerprint density at radius 3 is 3.00 bits per heavy atom. The van der Waals surface area contributed by atoms with E-state index in [1.807, 2.05) is 0 Å². The molecular weight excluding hydrogens is 76.9 g/mol. The highest BCUT2D eigenvalue weighted by Gasteiger charge is 2.08. The van der Waals surface area contributed by atoms with E-state index in [1.54, 1.807) is 0 Å². The molecule has 1 N–H and O–H groups in total. The van der Waals surface area contributed by atoms with E-state index >= 15 is 0 Å². The van der Waals surface area contributed by atoms with Gasteiger partial charge in [-0.05, 0) is 6.92 Å². The van der Waals surface area contributed by atoms with Crippen molar-refractivity contribution in [2.24, 2.45) is 0 Å². The Kier molecular flexibility index (Phi) is 1.12. The minimum absolute atomic E-state index is 0.435.